The first-order valence-electron chi connectivity index (χ1n) is 7.19. The number of carbonyl (C=O) groups excluding carboxylic acids is 2. The SMILES string of the molecule is COCC1=CC(=O)NC2=CC(=NC(=O)c3ccc(=O)oc3)C=CC12. The van der Waals surface area contributed by atoms with Gasteiger partial charge in [0.2, 0.25) is 5.91 Å². The zero-order valence-electron chi connectivity index (χ0n) is 12.8. The molecule has 3 rings (SSSR count). The number of hydrogen-bond donors (Lipinski definition) is 1. The zero-order valence-corrected chi connectivity index (χ0v) is 12.8. The molecule has 2 amide bonds. The molecule has 1 aromatic heterocycles. The number of aliphatic imine (C=N–C) groups is 1. The van der Waals surface area contributed by atoms with Crippen molar-refractivity contribution >= 4 is 17.5 Å². The molecule has 24 heavy (non-hydrogen) atoms. The van der Waals surface area contributed by atoms with Crippen molar-refractivity contribution in [3.05, 3.63) is 70.0 Å². The van der Waals surface area contributed by atoms with E-state index in [1.165, 1.54) is 12.1 Å². The minimum Gasteiger partial charge on any atom is -0.430 e. The average Bonchev–Trinajstić information content (AvgIpc) is 2.55. The van der Waals surface area contributed by atoms with Crippen LogP contribution in [0, 0.1) is 5.92 Å². The minimum atomic E-state index is -0.538. The Kier molecular flexibility index (Phi) is 4.35. The summed E-state index contributed by atoms with van der Waals surface area (Å²) in [6, 6.07) is 2.50. The summed E-state index contributed by atoms with van der Waals surface area (Å²) in [7, 11) is 1.56. The Morgan fingerprint density at radius 2 is 2.17 bits per heavy atom. The highest BCUT2D eigenvalue weighted by molar-refractivity contribution is 6.14. The molecule has 0 saturated carbocycles. The third kappa shape index (κ3) is 3.31. The third-order valence-electron chi connectivity index (χ3n) is 3.57. The lowest BCUT2D eigenvalue weighted by molar-refractivity contribution is -0.116. The summed E-state index contributed by atoms with van der Waals surface area (Å²) < 4.78 is 9.76. The van der Waals surface area contributed by atoms with Gasteiger partial charge in [-0.1, -0.05) is 6.08 Å². The van der Waals surface area contributed by atoms with E-state index in [0.29, 0.717) is 18.0 Å². The molecular weight excluding hydrogens is 312 g/mol. The Hall–Kier alpha value is -3.06. The molecule has 0 bridgehead atoms. The van der Waals surface area contributed by atoms with Crippen molar-refractivity contribution in [1.82, 2.24) is 5.32 Å². The van der Waals surface area contributed by atoms with E-state index in [1.807, 2.05) is 6.08 Å². The van der Waals surface area contributed by atoms with Crippen LogP contribution >= 0.6 is 0 Å². The molecule has 2 heterocycles. The topological polar surface area (TPSA) is 98.0 Å². The first-order chi connectivity index (χ1) is 11.6. The van der Waals surface area contributed by atoms with E-state index >= 15 is 0 Å². The number of rotatable bonds is 3. The van der Waals surface area contributed by atoms with Gasteiger partial charge in [0.1, 0.15) is 6.26 Å². The minimum absolute atomic E-state index is 0.105. The van der Waals surface area contributed by atoms with Gasteiger partial charge in [0, 0.05) is 30.9 Å². The van der Waals surface area contributed by atoms with Crippen LogP contribution in [0.3, 0.4) is 0 Å². The smallest absolute Gasteiger partial charge is 0.335 e. The summed E-state index contributed by atoms with van der Waals surface area (Å²) >= 11 is 0. The molecular formula is C17H14N2O5. The first-order valence-corrected chi connectivity index (χ1v) is 7.19. The number of allylic oxidation sites excluding steroid dienone is 3. The standard InChI is InChI=1S/C17H14N2O5/c1-23-8-11-6-15(20)19-14-7-12(3-4-13(11)14)18-17(22)10-2-5-16(21)24-9-10/h2-7,9,13H,8H2,1H3,(H,19,20). The molecule has 2 aliphatic rings. The van der Waals surface area contributed by atoms with E-state index in [4.69, 9.17) is 4.74 Å². The molecule has 0 radical (unpaired) electrons. The fourth-order valence-electron chi connectivity index (χ4n) is 2.50. The molecule has 7 nitrogen and oxygen atoms in total. The van der Waals surface area contributed by atoms with Gasteiger partial charge in [-0.05, 0) is 23.8 Å². The quantitative estimate of drug-likeness (QED) is 0.893. The van der Waals surface area contributed by atoms with Crippen LogP contribution in [-0.4, -0.2) is 31.2 Å². The molecule has 1 aliphatic heterocycles. The number of ether oxygens (including phenoxy) is 1. The fourth-order valence-corrected chi connectivity index (χ4v) is 2.50. The number of nitrogens with zero attached hydrogens (tertiary/aromatic N) is 1. The molecule has 7 heteroatoms. The third-order valence-corrected chi connectivity index (χ3v) is 3.57. The monoisotopic (exact) mass is 326 g/mol. The zero-order chi connectivity index (χ0) is 17.1. The van der Waals surface area contributed by atoms with Crippen molar-refractivity contribution in [2.45, 2.75) is 0 Å². The number of fused-ring (bicyclic) bond motifs is 1. The van der Waals surface area contributed by atoms with Crippen molar-refractivity contribution in [3.63, 3.8) is 0 Å². The van der Waals surface area contributed by atoms with Crippen LogP contribution in [0.15, 0.2) is 68.2 Å². The van der Waals surface area contributed by atoms with E-state index in [-0.39, 0.29) is 17.4 Å². The summed E-state index contributed by atoms with van der Waals surface area (Å²) in [5.41, 5.74) is 1.51. The second-order valence-corrected chi connectivity index (χ2v) is 5.26. The molecule has 0 fully saturated rings. The predicted octanol–water partition coefficient (Wildman–Crippen LogP) is 0.994. The second-order valence-electron chi connectivity index (χ2n) is 5.26. The Morgan fingerprint density at radius 1 is 1.33 bits per heavy atom. The normalized spacial score (nSPS) is 21.0. The summed E-state index contributed by atoms with van der Waals surface area (Å²) in [5, 5.41) is 2.74. The number of hydrogen-bond acceptors (Lipinski definition) is 5. The van der Waals surface area contributed by atoms with Crippen molar-refractivity contribution in [3.8, 4) is 0 Å². The van der Waals surface area contributed by atoms with E-state index in [9.17, 15) is 14.4 Å². The molecule has 122 valence electrons. The van der Waals surface area contributed by atoms with Gasteiger partial charge in [-0.15, -0.1) is 0 Å². The van der Waals surface area contributed by atoms with Crippen LogP contribution in [0.4, 0.5) is 0 Å². The highest BCUT2D eigenvalue weighted by atomic mass is 16.5. The van der Waals surface area contributed by atoms with Gasteiger partial charge in [0.05, 0.1) is 17.9 Å². The first kappa shape index (κ1) is 15.8. The van der Waals surface area contributed by atoms with Crippen molar-refractivity contribution in [1.29, 1.82) is 0 Å². The fraction of sp³-hybridized carbons (Fsp3) is 0.176. The van der Waals surface area contributed by atoms with Crippen LogP contribution in [0.1, 0.15) is 10.4 Å². The summed E-state index contributed by atoms with van der Waals surface area (Å²) in [4.78, 5) is 38.7. The molecule has 0 saturated heterocycles. The van der Waals surface area contributed by atoms with E-state index < -0.39 is 11.5 Å². The van der Waals surface area contributed by atoms with Gasteiger partial charge < -0.3 is 14.5 Å². The number of carbonyl (C=O) groups is 2. The van der Waals surface area contributed by atoms with Crippen LogP contribution in [0.25, 0.3) is 0 Å². The average molecular weight is 326 g/mol. The van der Waals surface area contributed by atoms with Gasteiger partial charge in [-0.2, -0.15) is 0 Å². The van der Waals surface area contributed by atoms with Crippen LogP contribution in [-0.2, 0) is 9.53 Å². The van der Waals surface area contributed by atoms with Gasteiger partial charge in [-0.3, -0.25) is 9.59 Å². The van der Waals surface area contributed by atoms with Gasteiger partial charge in [0.15, 0.2) is 0 Å². The van der Waals surface area contributed by atoms with Crippen molar-refractivity contribution in [2.75, 3.05) is 13.7 Å². The molecule has 1 atom stereocenters. The lowest BCUT2D eigenvalue weighted by Gasteiger charge is -2.27. The molecule has 1 aromatic rings. The molecule has 1 unspecified atom stereocenters. The van der Waals surface area contributed by atoms with Gasteiger partial charge in [-0.25, -0.2) is 9.79 Å². The van der Waals surface area contributed by atoms with E-state index in [0.717, 1.165) is 17.9 Å². The Morgan fingerprint density at radius 3 is 2.88 bits per heavy atom. The Balaban J connectivity index is 1.85. The number of amides is 2. The van der Waals surface area contributed by atoms with E-state index in [2.05, 4.69) is 14.7 Å². The van der Waals surface area contributed by atoms with Crippen LogP contribution in [0.2, 0.25) is 0 Å². The maximum Gasteiger partial charge on any atom is 0.335 e. The number of nitrogens with one attached hydrogen (secondary N) is 1. The lowest BCUT2D eigenvalue weighted by atomic mass is 9.88. The van der Waals surface area contributed by atoms with Gasteiger partial charge >= 0.3 is 5.63 Å². The maximum atomic E-state index is 12.1. The second kappa shape index (κ2) is 6.59. The summed E-state index contributed by atoms with van der Waals surface area (Å²) in [5.74, 6) is -0.884. The molecule has 1 N–H and O–H groups in total. The molecule has 0 aromatic carbocycles. The van der Waals surface area contributed by atoms with Crippen molar-refractivity contribution in [2.24, 2.45) is 10.9 Å². The highest BCUT2D eigenvalue weighted by Crippen LogP contribution is 2.27. The predicted molar refractivity (Wildman–Crippen MR) is 85.6 cm³/mol. The largest absolute Gasteiger partial charge is 0.430 e. The Labute approximate surface area is 137 Å². The van der Waals surface area contributed by atoms with Crippen LogP contribution in [0.5, 0.6) is 0 Å². The maximum absolute atomic E-state index is 12.1. The Bertz CT molecular complexity index is 853. The summed E-state index contributed by atoms with van der Waals surface area (Å²) in [6.45, 7) is 0.341. The van der Waals surface area contributed by atoms with E-state index in [1.54, 1.807) is 19.3 Å². The van der Waals surface area contributed by atoms with Gasteiger partial charge in [0.25, 0.3) is 5.91 Å². The highest BCUT2D eigenvalue weighted by Gasteiger charge is 2.26. The van der Waals surface area contributed by atoms with Crippen LogP contribution < -0.4 is 10.9 Å². The molecule has 1 aliphatic carbocycles. The number of methoxy groups -OCH3 is 1. The van der Waals surface area contributed by atoms with Crippen molar-refractivity contribution < 1.29 is 18.7 Å². The lowest BCUT2D eigenvalue weighted by Crippen LogP contribution is -2.34. The molecule has 0 spiro atoms. The summed E-state index contributed by atoms with van der Waals surface area (Å²) in [6.07, 6.45) is 7.76.